The highest BCUT2D eigenvalue weighted by Crippen LogP contribution is 2.22. The summed E-state index contributed by atoms with van der Waals surface area (Å²) in [4.78, 5) is 19.7. The summed E-state index contributed by atoms with van der Waals surface area (Å²) >= 11 is 0. The van der Waals surface area contributed by atoms with Gasteiger partial charge in [0.15, 0.2) is 0 Å². The maximum atomic E-state index is 12.4. The van der Waals surface area contributed by atoms with Crippen molar-refractivity contribution in [3.8, 4) is 0 Å². The molecular weight excluding hydrogens is 310 g/mol. The molecule has 0 amide bonds. The molecule has 0 saturated carbocycles. The summed E-state index contributed by atoms with van der Waals surface area (Å²) in [7, 11) is 0. The SMILES string of the molecule is CCc1ccc2[nH]c(=O)c(CNc3cccc4ncccc34)cc2c1. The number of benzene rings is 2. The van der Waals surface area contributed by atoms with Crippen molar-refractivity contribution in [2.24, 2.45) is 0 Å². The van der Waals surface area contributed by atoms with E-state index in [-0.39, 0.29) is 5.56 Å². The van der Waals surface area contributed by atoms with Crippen LogP contribution in [-0.4, -0.2) is 9.97 Å². The van der Waals surface area contributed by atoms with Gasteiger partial charge in [0.1, 0.15) is 0 Å². The number of aryl methyl sites for hydroxylation is 1. The molecule has 2 aromatic carbocycles. The number of hydrogen-bond donors (Lipinski definition) is 2. The third-order valence-corrected chi connectivity index (χ3v) is 4.51. The minimum Gasteiger partial charge on any atom is -0.380 e. The highest BCUT2D eigenvalue weighted by molar-refractivity contribution is 5.91. The van der Waals surface area contributed by atoms with Crippen LogP contribution in [0.4, 0.5) is 5.69 Å². The van der Waals surface area contributed by atoms with Crippen molar-refractivity contribution in [1.82, 2.24) is 9.97 Å². The lowest BCUT2D eigenvalue weighted by atomic mass is 10.1. The van der Waals surface area contributed by atoms with Gasteiger partial charge < -0.3 is 10.3 Å². The lowest BCUT2D eigenvalue weighted by molar-refractivity contribution is 1.09. The highest BCUT2D eigenvalue weighted by atomic mass is 16.1. The van der Waals surface area contributed by atoms with Gasteiger partial charge in [-0.05, 0) is 59.8 Å². The van der Waals surface area contributed by atoms with Crippen molar-refractivity contribution in [1.29, 1.82) is 0 Å². The number of hydrogen-bond acceptors (Lipinski definition) is 3. The van der Waals surface area contributed by atoms with Crippen molar-refractivity contribution in [3.63, 3.8) is 0 Å². The molecule has 2 aromatic heterocycles. The van der Waals surface area contributed by atoms with Gasteiger partial charge in [0, 0.05) is 34.9 Å². The van der Waals surface area contributed by atoms with E-state index in [0.29, 0.717) is 6.54 Å². The number of H-pyrrole nitrogens is 1. The molecule has 0 spiro atoms. The molecule has 4 aromatic rings. The zero-order chi connectivity index (χ0) is 17.2. The number of pyridine rings is 2. The van der Waals surface area contributed by atoms with E-state index in [1.807, 2.05) is 42.5 Å². The van der Waals surface area contributed by atoms with E-state index >= 15 is 0 Å². The van der Waals surface area contributed by atoms with Crippen molar-refractivity contribution in [2.75, 3.05) is 5.32 Å². The first-order valence-electron chi connectivity index (χ1n) is 8.47. The van der Waals surface area contributed by atoms with Crippen LogP contribution in [0.1, 0.15) is 18.1 Å². The zero-order valence-electron chi connectivity index (χ0n) is 14.0. The molecule has 25 heavy (non-hydrogen) atoms. The molecule has 0 saturated heterocycles. The molecule has 0 aliphatic heterocycles. The smallest absolute Gasteiger partial charge is 0.253 e. The van der Waals surface area contributed by atoms with Crippen LogP contribution in [0.5, 0.6) is 0 Å². The first-order valence-corrected chi connectivity index (χ1v) is 8.47. The summed E-state index contributed by atoms with van der Waals surface area (Å²) in [6.07, 6.45) is 2.76. The Bertz CT molecular complexity index is 1110. The molecule has 0 unspecified atom stereocenters. The van der Waals surface area contributed by atoms with Crippen LogP contribution < -0.4 is 10.9 Å². The minimum absolute atomic E-state index is 0.0531. The van der Waals surface area contributed by atoms with Crippen LogP contribution in [0.2, 0.25) is 0 Å². The molecule has 4 nitrogen and oxygen atoms in total. The average molecular weight is 329 g/mol. The van der Waals surface area contributed by atoms with Crippen molar-refractivity contribution in [2.45, 2.75) is 19.9 Å². The molecule has 2 N–H and O–H groups in total. The molecule has 0 fully saturated rings. The molecular formula is C21H19N3O. The van der Waals surface area contributed by atoms with Crippen molar-refractivity contribution in [3.05, 3.63) is 82.3 Å². The van der Waals surface area contributed by atoms with E-state index in [1.165, 1.54) is 5.56 Å². The zero-order valence-corrected chi connectivity index (χ0v) is 14.0. The number of anilines is 1. The number of aromatic amines is 1. The number of fused-ring (bicyclic) bond motifs is 2. The van der Waals surface area contributed by atoms with Gasteiger partial charge in [-0.3, -0.25) is 9.78 Å². The molecule has 0 aliphatic rings. The normalized spacial score (nSPS) is 11.1. The van der Waals surface area contributed by atoms with Gasteiger partial charge in [-0.25, -0.2) is 0 Å². The highest BCUT2D eigenvalue weighted by Gasteiger charge is 2.06. The quantitative estimate of drug-likeness (QED) is 0.588. The van der Waals surface area contributed by atoms with Gasteiger partial charge in [0.2, 0.25) is 0 Å². The Morgan fingerprint density at radius 1 is 1.08 bits per heavy atom. The Kier molecular flexibility index (Phi) is 3.94. The number of nitrogens with zero attached hydrogens (tertiary/aromatic N) is 1. The van der Waals surface area contributed by atoms with E-state index in [4.69, 9.17) is 0 Å². The van der Waals surface area contributed by atoms with E-state index in [0.717, 1.165) is 39.5 Å². The third-order valence-electron chi connectivity index (χ3n) is 4.51. The monoisotopic (exact) mass is 329 g/mol. The lowest BCUT2D eigenvalue weighted by Crippen LogP contribution is -2.15. The maximum Gasteiger partial charge on any atom is 0.253 e. The van der Waals surface area contributed by atoms with Gasteiger partial charge >= 0.3 is 0 Å². The second-order valence-corrected chi connectivity index (χ2v) is 6.13. The fraction of sp³-hybridized carbons (Fsp3) is 0.143. The summed E-state index contributed by atoms with van der Waals surface area (Å²) in [5, 5.41) is 5.49. The van der Waals surface area contributed by atoms with Gasteiger partial charge in [-0.2, -0.15) is 0 Å². The van der Waals surface area contributed by atoms with Crippen LogP contribution in [0.3, 0.4) is 0 Å². The Balaban J connectivity index is 1.68. The van der Waals surface area contributed by atoms with E-state index in [2.05, 4.69) is 34.3 Å². The maximum absolute atomic E-state index is 12.4. The van der Waals surface area contributed by atoms with Crippen molar-refractivity contribution >= 4 is 27.5 Å². The summed E-state index contributed by atoms with van der Waals surface area (Å²) in [6.45, 7) is 2.60. The molecule has 2 heterocycles. The molecule has 0 atom stereocenters. The fourth-order valence-corrected chi connectivity index (χ4v) is 3.10. The first-order chi connectivity index (χ1) is 12.2. The van der Waals surface area contributed by atoms with Gasteiger partial charge in [0.05, 0.1) is 5.52 Å². The molecule has 0 bridgehead atoms. The Hall–Kier alpha value is -3.14. The first kappa shape index (κ1) is 15.4. The fourth-order valence-electron chi connectivity index (χ4n) is 3.10. The minimum atomic E-state index is -0.0531. The predicted molar refractivity (Wildman–Crippen MR) is 103 cm³/mol. The summed E-state index contributed by atoms with van der Waals surface area (Å²) < 4.78 is 0. The summed E-state index contributed by atoms with van der Waals surface area (Å²) in [5.41, 5.74) is 4.73. The van der Waals surface area contributed by atoms with E-state index in [9.17, 15) is 4.79 Å². The molecule has 124 valence electrons. The Morgan fingerprint density at radius 3 is 2.88 bits per heavy atom. The lowest BCUT2D eigenvalue weighted by Gasteiger charge is -2.10. The molecule has 0 radical (unpaired) electrons. The average Bonchev–Trinajstić information content (AvgIpc) is 2.66. The van der Waals surface area contributed by atoms with Crippen LogP contribution in [0.15, 0.2) is 65.6 Å². The summed E-state index contributed by atoms with van der Waals surface area (Å²) in [6, 6.07) is 18.0. The summed E-state index contributed by atoms with van der Waals surface area (Å²) in [5.74, 6) is 0. The number of rotatable bonds is 4. The second kappa shape index (κ2) is 6.40. The van der Waals surface area contributed by atoms with Crippen LogP contribution in [0.25, 0.3) is 21.8 Å². The molecule has 0 aliphatic carbocycles. The topological polar surface area (TPSA) is 57.8 Å². The number of aromatic nitrogens is 2. The van der Waals surface area contributed by atoms with Crippen LogP contribution in [-0.2, 0) is 13.0 Å². The predicted octanol–water partition coefficient (Wildman–Crippen LogP) is 4.25. The van der Waals surface area contributed by atoms with Crippen LogP contribution in [0, 0.1) is 0 Å². The second-order valence-electron chi connectivity index (χ2n) is 6.13. The third kappa shape index (κ3) is 2.98. The van der Waals surface area contributed by atoms with Gasteiger partial charge in [0.25, 0.3) is 5.56 Å². The largest absolute Gasteiger partial charge is 0.380 e. The van der Waals surface area contributed by atoms with E-state index in [1.54, 1.807) is 6.20 Å². The van der Waals surface area contributed by atoms with Gasteiger partial charge in [-0.1, -0.05) is 19.1 Å². The van der Waals surface area contributed by atoms with Crippen molar-refractivity contribution < 1.29 is 0 Å². The van der Waals surface area contributed by atoms with Gasteiger partial charge in [-0.15, -0.1) is 0 Å². The molecule has 4 heteroatoms. The number of nitrogens with one attached hydrogen (secondary N) is 2. The Labute approximate surface area is 145 Å². The molecule has 4 rings (SSSR count). The Morgan fingerprint density at radius 2 is 2.00 bits per heavy atom. The van der Waals surface area contributed by atoms with E-state index < -0.39 is 0 Å². The van der Waals surface area contributed by atoms with Crippen LogP contribution >= 0.6 is 0 Å². The standard InChI is InChI=1S/C21H19N3O/c1-2-14-8-9-18-15(11-14)12-16(21(25)24-18)13-23-20-7-3-6-19-17(20)5-4-10-22-19/h3-12,23H,2,13H2,1H3,(H,24,25).